The third-order valence-electron chi connectivity index (χ3n) is 3.74. The standard InChI is InChI=1S/C9H16IN/c10-9-4-1-8(7-11,2-5-9)3-6-9/h1-7,11H2. The molecule has 0 spiro atoms. The summed E-state index contributed by atoms with van der Waals surface area (Å²) in [6.07, 6.45) is 8.45. The fourth-order valence-corrected chi connectivity index (χ4v) is 3.33. The molecule has 3 saturated carbocycles. The van der Waals surface area contributed by atoms with Crippen molar-refractivity contribution in [1.29, 1.82) is 0 Å². The molecule has 3 aliphatic rings. The van der Waals surface area contributed by atoms with Crippen LogP contribution in [0.5, 0.6) is 0 Å². The van der Waals surface area contributed by atoms with Gasteiger partial charge < -0.3 is 5.73 Å². The largest absolute Gasteiger partial charge is 0.330 e. The van der Waals surface area contributed by atoms with Gasteiger partial charge in [-0.05, 0) is 50.5 Å². The molecular weight excluding hydrogens is 249 g/mol. The molecule has 0 aromatic carbocycles. The van der Waals surface area contributed by atoms with Crippen molar-refractivity contribution < 1.29 is 0 Å². The van der Waals surface area contributed by atoms with E-state index in [2.05, 4.69) is 22.6 Å². The Hall–Kier alpha value is 0.690. The van der Waals surface area contributed by atoms with Crippen molar-refractivity contribution in [3.05, 3.63) is 0 Å². The van der Waals surface area contributed by atoms with Crippen molar-refractivity contribution in [1.82, 2.24) is 0 Å². The van der Waals surface area contributed by atoms with Crippen molar-refractivity contribution in [3.8, 4) is 0 Å². The first-order valence-electron chi connectivity index (χ1n) is 4.57. The zero-order chi connectivity index (χ0) is 7.95. The quantitative estimate of drug-likeness (QED) is 0.572. The predicted octanol–water partition coefficient (Wildman–Crippen LogP) is 2.47. The molecule has 0 amide bonds. The van der Waals surface area contributed by atoms with Gasteiger partial charge in [0.2, 0.25) is 0 Å². The molecule has 0 atom stereocenters. The van der Waals surface area contributed by atoms with Gasteiger partial charge >= 0.3 is 0 Å². The van der Waals surface area contributed by atoms with E-state index >= 15 is 0 Å². The van der Waals surface area contributed by atoms with Gasteiger partial charge in [-0.2, -0.15) is 0 Å². The molecule has 2 bridgehead atoms. The van der Waals surface area contributed by atoms with Crippen molar-refractivity contribution in [2.24, 2.45) is 11.1 Å². The summed E-state index contributed by atoms with van der Waals surface area (Å²) in [4.78, 5) is 0. The van der Waals surface area contributed by atoms with E-state index in [1.807, 2.05) is 0 Å². The molecule has 0 aromatic heterocycles. The van der Waals surface area contributed by atoms with Gasteiger partial charge in [0.15, 0.2) is 0 Å². The second-order valence-electron chi connectivity index (χ2n) is 4.36. The molecular formula is C9H16IN. The van der Waals surface area contributed by atoms with Crippen LogP contribution in [0, 0.1) is 5.41 Å². The summed E-state index contributed by atoms with van der Waals surface area (Å²) < 4.78 is 0.675. The van der Waals surface area contributed by atoms with E-state index in [4.69, 9.17) is 5.73 Å². The van der Waals surface area contributed by atoms with Crippen LogP contribution in [0.3, 0.4) is 0 Å². The summed E-state index contributed by atoms with van der Waals surface area (Å²) in [6.45, 7) is 0.930. The molecule has 64 valence electrons. The molecule has 3 aliphatic carbocycles. The Labute approximate surface area is 82.2 Å². The lowest BCUT2D eigenvalue weighted by molar-refractivity contribution is 0.0987. The highest BCUT2D eigenvalue weighted by atomic mass is 127. The number of alkyl halides is 1. The van der Waals surface area contributed by atoms with Gasteiger partial charge in [-0.3, -0.25) is 0 Å². The Bertz CT molecular complexity index is 142. The first-order chi connectivity index (χ1) is 5.18. The third-order valence-corrected chi connectivity index (χ3v) is 5.36. The van der Waals surface area contributed by atoms with Gasteiger partial charge in [-0.25, -0.2) is 0 Å². The van der Waals surface area contributed by atoms with E-state index in [9.17, 15) is 0 Å². The van der Waals surface area contributed by atoms with Crippen LogP contribution in [0.4, 0.5) is 0 Å². The Morgan fingerprint density at radius 1 is 1.00 bits per heavy atom. The zero-order valence-corrected chi connectivity index (χ0v) is 9.06. The molecule has 3 fully saturated rings. The Morgan fingerprint density at radius 3 is 1.82 bits per heavy atom. The second kappa shape index (κ2) is 2.59. The summed E-state index contributed by atoms with van der Waals surface area (Å²) in [5.74, 6) is 0. The fourth-order valence-electron chi connectivity index (χ4n) is 2.52. The van der Waals surface area contributed by atoms with Crippen molar-refractivity contribution in [2.75, 3.05) is 6.54 Å². The minimum atomic E-state index is 0.576. The first kappa shape index (κ1) is 8.30. The molecule has 3 rings (SSSR count). The second-order valence-corrected chi connectivity index (χ2v) is 6.64. The smallest absolute Gasteiger partial charge is 0.0223 e. The van der Waals surface area contributed by atoms with Crippen LogP contribution >= 0.6 is 22.6 Å². The molecule has 0 aliphatic heterocycles. The number of fused-ring (bicyclic) bond motifs is 3. The topological polar surface area (TPSA) is 26.0 Å². The predicted molar refractivity (Wildman–Crippen MR) is 55.9 cm³/mol. The summed E-state index contributed by atoms with van der Waals surface area (Å²) in [5.41, 5.74) is 6.39. The molecule has 2 N–H and O–H groups in total. The number of nitrogens with two attached hydrogens (primary N) is 1. The molecule has 0 aromatic rings. The summed E-state index contributed by atoms with van der Waals surface area (Å²) in [7, 11) is 0. The van der Waals surface area contributed by atoms with Crippen LogP contribution in [0.2, 0.25) is 0 Å². The van der Waals surface area contributed by atoms with E-state index < -0.39 is 0 Å². The summed E-state index contributed by atoms with van der Waals surface area (Å²) in [5, 5.41) is 0. The maximum absolute atomic E-state index is 5.81. The highest BCUT2D eigenvalue weighted by Gasteiger charge is 2.46. The van der Waals surface area contributed by atoms with Crippen LogP contribution in [0.25, 0.3) is 0 Å². The summed E-state index contributed by atoms with van der Waals surface area (Å²) in [6, 6.07) is 0. The lowest BCUT2D eigenvalue weighted by Gasteiger charge is -2.50. The highest BCUT2D eigenvalue weighted by Crippen LogP contribution is 2.55. The monoisotopic (exact) mass is 265 g/mol. The average molecular weight is 265 g/mol. The maximum atomic E-state index is 5.81. The fraction of sp³-hybridized carbons (Fsp3) is 1.00. The molecule has 11 heavy (non-hydrogen) atoms. The maximum Gasteiger partial charge on any atom is 0.0223 e. The van der Waals surface area contributed by atoms with Crippen LogP contribution in [0.1, 0.15) is 38.5 Å². The van der Waals surface area contributed by atoms with Crippen LogP contribution in [0.15, 0.2) is 0 Å². The van der Waals surface area contributed by atoms with E-state index in [0.29, 0.717) is 8.84 Å². The Morgan fingerprint density at radius 2 is 1.45 bits per heavy atom. The minimum absolute atomic E-state index is 0.576. The van der Waals surface area contributed by atoms with E-state index in [0.717, 1.165) is 6.54 Å². The molecule has 0 saturated heterocycles. The van der Waals surface area contributed by atoms with Crippen LogP contribution in [-0.4, -0.2) is 9.97 Å². The average Bonchev–Trinajstić information content (AvgIpc) is 2.07. The van der Waals surface area contributed by atoms with Crippen molar-refractivity contribution in [2.45, 2.75) is 41.9 Å². The Balaban J connectivity index is 2.12. The zero-order valence-electron chi connectivity index (χ0n) is 6.91. The van der Waals surface area contributed by atoms with E-state index in [1.165, 1.54) is 38.5 Å². The first-order valence-corrected chi connectivity index (χ1v) is 5.65. The number of hydrogen-bond donors (Lipinski definition) is 1. The normalized spacial score (nSPS) is 49.6. The van der Waals surface area contributed by atoms with Gasteiger partial charge in [-0.15, -0.1) is 0 Å². The molecule has 1 nitrogen and oxygen atoms in total. The van der Waals surface area contributed by atoms with E-state index in [1.54, 1.807) is 0 Å². The number of rotatable bonds is 1. The van der Waals surface area contributed by atoms with Crippen molar-refractivity contribution in [3.63, 3.8) is 0 Å². The third kappa shape index (κ3) is 1.32. The van der Waals surface area contributed by atoms with Gasteiger partial charge in [0.1, 0.15) is 0 Å². The van der Waals surface area contributed by atoms with Gasteiger partial charge in [0.05, 0.1) is 0 Å². The summed E-state index contributed by atoms with van der Waals surface area (Å²) >= 11 is 2.67. The van der Waals surface area contributed by atoms with E-state index in [-0.39, 0.29) is 0 Å². The van der Waals surface area contributed by atoms with Gasteiger partial charge in [0, 0.05) is 3.42 Å². The molecule has 0 unspecified atom stereocenters. The van der Waals surface area contributed by atoms with Crippen LogP contribution in [-0.2, 0) is 0 Å². The molecule has 0 radical (unpaired) electrons. The lowest BCUT2D eigenvalue weighted by Crippen LogP contribution is -2.45. The molecule has 2 heteroatoms. The SMILES string of the molecule is NCC12CCC(I)(CC1)CC2. The Kier molecular flexibility index (Phi) is 1.95. The van der Waals surface area contributed by atoms with Gasteiger partial charge in [0.25, 0.3) is 0 Å². The van der Waals surface area contributed by atoms with Crippen molar-refractivity contribution >= 4 is 22.6 Å². The molecule has 0 heterocycles. The number of hydrogen-bond acceptors (Lipinski definition) is 1. The van der Waals surface area contributed by atoms with Crippen LogP contribution < -0.4 is 5.73 Å². The van der Waals surface area contributed by atoms with Gasteiger partial charge in [-0.1, -0.05) is 22.6 Å². The lowest BCUT2D eigenvalue weighted by atomic mass is 9.61. The number of halogens is 1. The minimum Gasteiger partial charge on any atom is -0.330 e. The highest BCUT2D eigenvalue weighted by molar-refractivity contribution is 14.1.